The topological polar surface area (TPSA) is 84.1 Å². The zero-order chi connectivity index (χ0) is 21.0. The third-order valence-electron chi connectivity index (χ3n) is 6.10. The van der Waals surface area contributed by atoms with Crippen LogP contribution in [0.2, 0.25) is 0 Å². The number of amides is 1. The van der Waals surface area contributed by atoms with Gasteiger partial charge in [-0.15, -0.1) is 5.10 Å². The normalized spacial score (nSPS) is 30.3. The first-order chi connectivity index (χ1) is 14.4. The van der Waals surface area contributed by atoms with Gasteiger partial charge in [-0.2, -0.15) is 0 Å². The number of hydrogen-bond acceptors (Lipinski definition) is 6. The third kappa shape index (κ3) is 2.79. The molecule has 2 bridgehead atoms. The standard InChI is InChI=1S/C21H23FN6O2/c1-12(22)9-24-20-14(3)21-8-15(21)6-7-27(21)18-5-4-17-23-10-16(28(17)26-18)19(29)25-13(2)11-30-20/h4-5,9-10,13,15H,3,6-8,11H2,1-2H3,(H,25,29)/b12-9+,24-20+/t13-,15+,21+/m1/s1. The lowest BCUT2D eigenvalue weighted by molar-refractivity contribution is 0.0917. The lowest BCUT2D eigenvalue weighted by Gasteiger charge is -2.31. The molecular weight excluding hydrogens is 387 g/mol. The van der Waals surface area contributed by atoms with E-state index in [9.17, 15) is 9.18 Å². The quantitative estimate of drug-likeness (QED) is 0.781. The average Bonchev–Trinajstić information content (AvgIpc) is 3.10. The summed E-state index contributed by atoms with van der Waals surface area (Å²) >= 11 is 0. The molecule has 1 saturated carbocycles. The van der Waals surface area contributed by atoms with Gasteiger partial charge in [0.15, 0.2) is 11.3 Å². The summed E-state index contributed by atoms with van der Waals surface area (Å²) in [4.78, 5) is 23.5. The molecule has 0 aromatic carbocycles. The molecule has 156 valence electrons. The fourth-order valence-electron chi connectivity index (χ4n) is 4.56. The number of carbonyl (C=O) groups excluding carboxylic acids is 1. The Labute approximate surface area is 173 Å². The molecule has 1 spiro atoms. The van der Waals surface area contributed by atoms with Crippen molar-refractivity contribution < 1.29 is 13.9 Å². The van der Waals surface area contributed by atoms with E-state index in [-0.39, 0.29) is 24.1 Å². The predicted octanol–water partition coefficient (Wildman–Crippen LogP) is 2.63. The number of allylic oxidation sites excluding steroid dienone is 1. The van der Waals surface area contributed by atoms with E-state index >= 15 is 0 Å². The second kappa shape index (κ2) is 6.65. The number of aliphatic imine (C=N–C) groups is 1. The van der Waals surface area contributed by atoms with Crippen LogP contribution in [0.25, 0.3) is 5.65 Å². The third-order valence-corrected chi connectivity index (χ3v) is 6.10. The molecule has 2 aliphatic heterocycles. The van der Waals surface area contributed by atoms with Crippen LogP contribution in [0, 0.1) is 5.92 Å². The molecule has 3 aliphatic rings. The molecule has 0 unspecified atom stereocenters. The lowest BCUT2D eigenvalue weighted by atomic mass is 10.0. The van der Waals surface area contributed by atoms with Crippen LogP contribution >= 0.6 is 0 Å². The Kier molecular flexibility index (Phi) is 4.16. The number of imidazole rings is 1. The minimum atomic E-state index is -0.421. The van der Waals surface area contributed by atoms with E-state index in [0.29, 0.717) is 28.7 Å². The Hall–Kier alpha value is -3.23. The van der Waals surface area contributed by atoms with Crippen LogP contribution < -0.4 is 10.2 Å². The van der Waals surface area contributed by atoms with Crippen molar-refractivity contribution in [2.75, 3.05) is 18.1 Å². The van der Waals surface area contributed by atoms with Crippen LogP contribution in [0.3, 0.4) is 0 Å². The largest absolute Gasteiger partial charge is 0.475 e. The zero-order valence-electron chi connectivity index (χ0n) is 16.9. The minimum absolute atomic E-state index is 0.177. The summed E-state index contributed by atoms with van der Waals surface area (Å²) in [5, 5.41) is 7.62. The SMILES string of the molecule is C=C1/C(=N\C=C(/C)F)OC[C@@H](C)NC(=O)c2cnc3ccc(nn23)N2CC[C@H]3C[C@]132. The van der Waals surface area contributed by atoms with Gasteiger partial charge in [-0.25, -0.2) is 18.9 Å². The average molecular weight is 410 g/mol. The number of nitrogens with one attached hydrogen (secondary N) is 1. The van der Waals surface area contributed by atoms with Crippen LogP contribution in [0.1, 0.15) is 37.2 Å². The highest BCUT2D eigenvalue weighted by atomic mass is 19.1. The number of hydrogen-bond donors (Lipinski definition) is 1. The number of anilines is 1. The molecule has 2 fully saturated rings. The van der Waals surface area contributed by atoms with Crippen LogP contribution in [0.5, 0.6) is 0 Å². The Bertz CT molecular complexity index is 1120. The Morgan fingerprint density at radius 2 is 2.33 bits per heavy atom. The molecule has 1 aliphatic carbocycles. The molecule has 2 aromatic rings. The van der Waals surface area contributed by atoms with Crippen LogP contribution in [-0.2, 0) is 4.74 Å². The molecule has 8 nitrogen and oxygen atoms in total. The van der Waals surface area contributed by atoms with E-state index in [0.717, 1.165) is 31.4 Å². The van der Waals surface area contributed by atoms with Crippen LogP contribution in [0.4, 0.5) is 10.2 Å². The van der Waals surface area contributed by atoms with Gasteiger partial charge in [0.25, 0.3) is 5.91 Å². The maximum absolute atomic E-state index is 13.4. The van der Waals surface area contributed by atoms with E-state index in [1.165, 1.54) is 13.1 Å². The molecule has 3 atom stereocenters. The highest BCUT2D eigenvalue weighted by Gasteiger charge is 2.65. The van der Waals surface area contributed by atoms with Gasteiger partial charge in [0.1, 0.15) is 18.3 Å². The number of rotatable bonds is 1. The highest BCUT2D eigenvalue weighted by molar-refractivity contribution is 5.98. The van der Waals surface area contributed by atoms with Crippen molar-refractivity contribution in [1.29, 1.82) is 0 Å². The van der Waals surface area contributed by atoms with Crippen molar-refractivity contribution in [2.24, 2.45) is 10.9 Å². The van der Waals surface area contributed by atoms with E-state index in [1.54, 1.807) is 4.52 Å². The Morgan fingerprint density at radius 1 is 1.50 bits per heavy atom. The maximum atomic E-state index is 13.4. The molecule has 9 heteroatoms. The summed E-state index contributed by atoms with van der Waals surface area (Å²) in [6.45, 7) is 8.45. The van der Waals surface area contributed by atoms with Gasteiger partial charge in [0.05, 0.1) is 24.0 Å². The van der Waals surface area contributed by atoms with Crippen molar-refractivity contribution >= 4 is 23.3 Å². The van der Waals surface area contributed by atoms with Crippen molar-refractivity contribution in [2.45, 2.75) is 38.3 Å². The number of fused-ring (bicyclic) bond motifs is 2. The number of ether oxygens (including phenoxy) is 1. The molecule has 4 heterocycles. The first-order valence-corrected chi connectivity index (χ1v) is 10.1. The monoisotopic (exact) mass is 410 g/mol. The molecule has 2 aromatic heterocycles. The number of piperidine rings is 1. The Morgan fingerprint density at radius 3 is 3.10 bits per heavy atom. The summed E-state index contributed by atoms with van der Waals surface area (Å²) < 4.78 is 20.9. The molecular formula is C21H23FN6O2. The number of aromatic nitrogens is 3. The van der Waals surface area contributed by atoms with Gasteiger partial charge >= 0.3 is 0 Å². The summed E-state index contributed by atoms with van der Waals surface area (Å²) in [6.07, 6.45) is 4.57. The maximum Gasteiger partial charge on any atom is 0.271 e. The van der Waals surface area contributed by atoms with Crippen molar-refractivity contribution in [3.8, 4) is 0 Å². The van der Waals surface area contributed by atoms with E-state index in [1.807, 2.05) is 19.1 Å². The van der Waals surface area contributed by atoms with Gasteiger partial charge in [-0.3, -0.25) is 4.79 Å². The first kappa shape index (κ1) is 18.8. The van der Waals surface area contributed by atoms with Crippen LogP contribution in [-0.4, -0.2) is 51.1 Å². The van der Waals surface area contributed by atoms with Gasteiger partial charge < -0.3 is 15.0 Å². The number of halogens is 1. The second-order valence-electron chi connectivity index (χ2n) is 8.18. The summed E-state index contributed by atoms with van der Waals surface area (Å²) in [5.74, 6) is 0.731. The van der Waals surface area contributed by atoms with Crippen molar-refractivity contribution in [3.05, 3.63) is 48.2 Å². The molecule has 1 amide bonds. The molecule has 1 N–H and O–H groups in total. The van der Waals surface area contributed by atoms with E-state index in [4.69, 9.17) is 9.84 Å². The van der Waals surface area contributed by atoms with Gasteiger partial charge in [-0.05, 0) is 44.7 Å². The molecule has 30 heavy (non-hydrogen) atoms. The number of nitrogens with zero attached hydrogens (tertiary/aromatic N) is 5. The van der Waals surface area contributed by atoms with Gasteiger partial charge in [-0.1, -0.05) is 6.58 Å². The van der Waals surface area contributed by atoms with E-state index in [2.05, 4.69) is 26.8 Å². The van der Waals surface area contributed by atoms with E-state index < -0.39 is 5.83 Å². The summed E-state index contributed by atoms with van der Waals surface area (Å²) in [5.41, 5.74) is 1.33. The number of carbonyl (C=O) groups is 1. The van der Waals surface area contributed by atoms with Gasteiger partial charge in [0, 0.05) is 12.1 Å². The van der Waals surface area contributed by atoms with Crippen LogP contribution in [0.15, 0.2) is 47.5 Å². The molecule has 0 radical (unpaired) electrons. The lowest BCUT2D eigenvalue weighted by Crippen LogP contribution is -2.40. The fraction of sp³-hybridized carbons (Fsp3) is 0.429. The van der Waals surface area contributed by atoms with Crippen molar-refractivity contribution in [1.82, 2.24) is 19.9 Å². The van der Waals surface area contributed by atoms with Crippen molar-refractivity contribution in [3.63, 3.8) is 0 Å². The Balaban J connectivity index is 1.64. The first-order valence-electron chi connectivity index (χ1n) is 10.1. The second-order valence-corrected chi connectivity index (χ2v) is 8.18. The van der Waals surface area contributed by atoms with Gasteiger partial charge in [0.2, 0.25) is 5.90 Å². The molecule has 5 rings (SSSR count). The minimum Gasteiger partial charge on any atom is -0.475 e. The zero-order valence-corrected chi connectivity index (χ0v) is 16.9. The predicted molar refractivity (Wildman–Crippen MR) is 110 cm³/mol. The smallest absolute Gasteiger partial charge is 0.271 e. The highest BCUT2D eigenvalue weighted by Crippen LogP contribution is 2.60. The summed E-state index contributed by atoms with van der Waals surface area (Å²) in [6, 6.07) is 3.45. The summed E-state index contributed by atoms with van der Waals surface area (Å²) in [7, 11) is 0. The molecule has 1 saturated heterocycles. The fourth-order valence-corrected chi connectivity index (χ4v) is 4.56.